The van der Waals surface area contributed by atoms with Crippen LogP contribution in [0, 0.1) is 0 Å². The maximum absolute atomic E-state index is 13.5. The summed E-state index contributed by atoms with van der Waals surface area (Å²) in [4.78, 5) is 39.8. The summed E-state index contributed by atoms with van der Waals surface area (Å²) in [6, 6.07) is -0.898. The Kier molecular flexibility index (Phi) is 49.1. The zero-order valence-electron chi connectivity index (χ0n) is 46.9. The summed E-state index contributed by atoms with van der Waals surface area (Å²) in [5.41, 5.74) is 0. The summed E-state index contributed by atoms with van der Waals surface area (Å²) >= 11 is 0. The summed E-state index contributed by atoms with van der Waals surface area (Å²) in [5.74, 6) is -0.562. The van der Waals surface area contributed by atoms with Crippen LogP contribution in [0.15, 0.2) is 72.9 Å². The van der Waals surface area contributed by atoms with Crippen LogP contribution in [0.2, 0.25) is 0 Å². The minimum Gasteiger partial charge on any atom is -0.756 e. The molecule has 0 heterocycles. The lowest BCUT2D eigenvalue weighted by molar-refractivity contribution is -0.870. The molecule has 0 bridgehead atoms. The maximum Gasteiger partial charge on any atom is 0.306 e. The second kappa shape index (κ2) is 51.0. The lowest BCUT2D eigenvalue weighted by Gasteiger charge is -2.30. The number of phosphoric acid groups is 1. The standard InChI is InChI=1S/C61H111N2O7P/c1-7-10-13-16-19-22-25-27-28-29-30-31-32-33-34-36-39-41-44-47-50-53-60(64)62-58(57-69-71(66,67)68-56-55-63(4,5)6)59(52-49-46-43-40-38-35-26-23-20-17-14-11-8-2)70-61(65)54-51-48-45-42-37-24-21-18-15-12-9-3/h10,13,19,22,27-28,30-31,33-34,49,52,58-59H,7-9,11-12,14-18,20-21,23-26,29,32,35-48,50-51,53-57H2,1-6H3,(H-,62,64,66,67)/b13-10-,22-19-,28-27-,31-30-,34-33-,52-49+. The number of phosphoric ester groups is 1. The Morgan fingerprint density at radius 3 is 1.35 bits per heavy atom. The van der Waals surface area contributed by atoms with Gasteiger partial charge < -0.3 is 28.5 Å². The van der Waals surface area contributed by atoms with Crippen LogP contribution in [0.5, 0.6) is 0 Å². The van der Waals surface area contributed by atoms with Crippen molar-refractivity contribution in [1.29, 1.82) is 0 Å². The van der Waals surface area contributed by atoms with E-state index in [0.717, 1.165) is 103 Å². The summed E-state index contributed by atoms with van der Waals surface area (Å²) in [6.45, 7) is 6.70. The number of hydrogen-bond donors (Lipinski definition) is 1. The monoisotopic (exact) mass is 1010 g/mol. The molecule has 0 aliphatic carbocycles. The first-order valence-electron chi connectivity index (χ1n) is 29.2. The number of esters is 1. The van der Waals surface area contributed by atoms with Crippen molar-refractivity contribution < 1.29 is 37.3 Å². The SMILES string of the molecule is CC/C=C\C/C=C\C/C=C\C/C=C\C/C=C\CCCCCCCC(=O)NC(COP(=O)([O-])OCC[N+](C)(C)C)C(/C=C/CCCCCCCCCCCCC)OC(=O)CCCCCCCCCCCCC. The van der Waals surface area contributed by atoms with Gasteiger partial charge in [0.15, 0.2) is 0 Å². The number of unbranched alkanes of at least 4 members (excludes halogenated alkanes) is 26. The second-order valence-corrected chi connectivity index (χ2v) is 22.2. The molecule has 0 spiro atoms. The number of rotatable bonds is 52. The minimum atomic E-state index is -4.70. The zero-order valence-corrected chi connectivity index (χ0v) is 47.8. The van der Waals surface area contributed by atoms with E-state index in [9.17, 15) is 19.0 Å². The Bertz CT molecular complexity index is 1450. The van der Waals surface area contributed by atoms with Crippen molar-refractivity contribution in [2.24, 2.45) is 0 Å². The van der Waals surface area contributed by atoms with Gasteiger partial charge in [0, 0.05) is 12.8 Å². The van der Waals surface area contributed by atoms with Gasteiger partial charge in [-0.2, -0.15) is 0 Å². The predicted molar refractivity (Wildman–Crippen MR) is 302 cm³/mol. The van der Waals surface area contributed by atoms with Gasteiger partial charge >= 0.3 is 5.97 Å². The lowest BCUT2D eigenvalue weighted by atomic mass is 10.0. The van der Waals surface area contributed by atoms with Crippen molar-refractivity contribution in [2.75, 3.05) is 40.9 Å². The molecule has 0 saturated carbocycles. The van der Waals surface area contributed by atoms with E-state index in [2.05, 4.69) is 86.8 Å². The quantitative estimate of drug-likeness (QED) is 0.0212. The summed E-state index contributed by atoms with van der Waals surface area (Å²) in [6.07, 6.45) is 64.3. The molecule has 1 amide bonds. The van der Waals surface area contributed by atoms with E-state index in [-0.39, 0.29) is 24.9 Å². The topological polar surface area (TPSA) is 114 Å². The number of nitrogens with zero attached hydrogens (tertiary/aromatic N) is 1. The van der Waals surface area contributed by atoms with E-state index >= 15 is 0 Å². The van der Waals surface area contributed by atoms with Gasteiger partial charge in [-0.1, -0.05) is 235 Å². The molecule has 71 heavy (non-hydrogen) atoms. The number of hydrogen-bond acceptors (Lipinski definition) is 7. The van der Waals surface area contributed by atoms with Crippen LogP contribution in [0.4, 0.5) is 0 Å². The molecule has 10 heteroatoms. The highest BCUT2D eigenvalue weighted by Crippen LogP contribution is 2.38. The van der Waals surface area contributed by atoms with Crippen LogP contribution in [0.25, 0.3) is 0 Å². The van der Waals surface area contributed by atoms with Gasteiger partial charge in [-0.25, -0.2) is 0 Å². The molecule has 0 aliphatic heterocycles. The fourth-order valence-electron chi connectivity index (χ4n) is 8.14. The Balaban J connectivity index is 5.32. The van der Waals surface area contributed by atoms with Gasteiger partial charge in [0.25, 0.3) is 7.82 Å². The van der Waals surface area contributed by atoms with E-state index < -0.39 is 26.6 Å². The average molecular weight is 1020 g/mol. The molecule has 3 atom stereocenters. The number of allylic oxidation sites excluding steroid dienone is 11. The van der Waals surface area contributed by atoms with Gasteiger partial charge in [0.2, 0.25) is 5.91 Å². The average Bonchev–Trinajstić information content (AvgIpc) is 3.33. The van der Waals surface area contributed by atoms with Gasteiger partial charge in [-0.05, 0) is 76.7 Å². The molecule has 0 radical (unpaired) electrons. The molecule has 1 N–H and O–H groups in total. The number of amides is 1. The van der Waals surface area contributed by atoms with Crippen LogP contribution >= 0.6 is 7.82 Å². The maximum atomic E-state index is 13.5. The molecular weight excluding hydrogens is 904 g/mol. The molecule has 0 aromatic carbocycles. The highest BCUT2D eigenvalue weighted by molar-refractivity contribution is 7.45. The molecular formula is C61H111N2O7P. The van der Waals surface area contributed by atoms with E-state index in [1.54, 1.807) is 0 Å². The molecule has 0 aromatic rings. The number of carbonyl (C=O) groups is 2. The normalized spacial score (nSPS) is 14.3. The Morgan fingerprint density at radius 1 is 0.507 bits per heavy atom. The van der Waals surface area contributed by atoms with Crippen molar-refractivity contribution in [1.82, 2.24) is 5.32 Å². The van der Waals surface area contributed by atoms with Crippen molar-refractivity contribution in [3.63, 3.8) is 0 Å². The van der Waals surface area contributed by atoms with Crippen LogP contribution in [0.3, 0.4) is 0 Å². The smallest absolute Gasteiger partial charge is 0.306 e. The molecule has 0 fully saturated rings. The lowest BCUT2D eigenvalue weighted by Crippen LogP contribution is -2.47. The Labute approximate surface area is 438 Å². The summed E-state index contributed by atoms with van der Waals surface area (Å²) in [5, 5.41) is 3.01. The first-order chi connectivity index (χ1) is 34.4. The fourth-order valence-corrected chi connectivity index (χ4v) is 8.86. The van der Waals surface area contributed by atoms with E-state index in [1.807, 2.05) is 33.3 Å². The summed E-state index contributed by atoms with van der Waals surface area (Å²) in [7, 11) is 1.17. The zero-order chi connectivity index (χ0) is 52.2. The van der Waals surface area contributed by atoms with Crippen molar-refractivity contribution >= 4 is 19.7 Å². The Hall–Kier alpha value is -2.55. The van der Waals surface area contributed by atoms with Gasteiger partial charge in [-0.3, -0.25) is 14.2 Å². The van der Waals surface area contributed by atoms with E-state index in [4.69, 9.17) is 13.8 Å². The van der Waals surface area contributed by atoms with Crippen molar-refractivity contribution in [2.45, 2.75) is 264 Å². The third-order valence-electron chi connectivity index (χ3n) is 12.7. The van der Waals surface area contributed by atoms with Crippen LogP contribution < -0.4 is 10.2 Å². The van der Waals surface area contributed by atoms with Gasteiger partial charge in [0.1, 0.15) is 19.3 Å². The molecule has 9 nitrogen and oxygen atoms in total. The predicted octanol–water partition coefficient (Wildman–Crippen LogP) is 17.0. The number of carbonyl (C=O) groups excluding carboxylic acids is 2. The fraction of sp³-hybridized carbons (Fsp3) is 0.770. The molecule has 0 saturated heterocycles. The van der Waals surface area contributed by atoms with Gasteiger partial charge in [-0.15, -0.1) is 0 Å². The first kappa shape index (κ1) is 68.5. The minimum absolute atomic E-state index is 0.0279. The van der Waals surface area contributed by atoms with E-state index in [0.29, 0.717) is 23.9 Å². The number of quaternary nitrogens is 1. The third kappa shape index (κ3) is 52.1. The second-order valence-electron chi connectivity index (χ2n) is 20.8. The molecule has 0 rings (SSSR count). The highest BCUT2D eigenvalue weighted by atomic mass is 31.2. The largest absolute Gasteiger partial charge is 0.756 e. The van der Waals surface area contributed by atoms with Crippen LogP contribution in [-0.4, -0.2) is 69.4 Å². The summed E-state index contributed by atoms with van der Waals surface area (Å²) < 4.78 is 30.2. The third-order valence-corrected chi connectivity index (χ3v) is 13.6. The highest BCUT2D eigenvalue weighted by Gasteiger charge is 2.27. The van der Waals surface area contributed by atoms with Gasteiger partial charge in [0.05, 0.1) is 33.8 Å². The van der Waals surface area contributed by atoms with E-state index in [1.165, 1.54) is 109 Å². The molecule has 0 aliphatic rings. The van der Waals surface area contributed by atoms with Crippen LogP contribution in [-0.2, 0) is 27.9 Å². The first-order valence-corrected chi connectivity index (χ1v) is 30.7. The number of likely N-dealkylation sites (N-methyl/N-ethyl adjacent to an activating group) is 1. The Morgan fingerprint density at radius 2 is 0.901 bits per heavy atom. The molecule has 3 unspecified atom stereocenters. The van der Waals surface area contributed by atoms with Crippen molar-refractivity contribution in [3.8, 4) is 0 Å². The number of ether oxygens (including phenoxy) is 1. The molecule has 412 valence electrons. The molecule has 0 aromatic heterocycles. The van der Waals surface area contributed by atoms with Crippen LogP contribution in [0.1, 0.15) is 252 Å². The van der Waals surface area contributed by atoms with Crippen molar-refractivity contribution in [3.05, 3.63) is 72.9 Å². The number of nitrogens with one attached hydrogen (secondary N) is 1.